The lowest BCUT2D eigenvalue weighted by molar-refractivity contribution is 0.627. The van der Waals surface area contributed by atoms with Gasteiger partial charge in [-0.15, -0.1) is 0 Å². The molecule has 0 spiro atoms. The summed E-state index contributed by atoms with van der Waals surface area (Å²) in [6.07, 6.45) is 0.841. The van der Waals surface area contributed by atoms with E-state index >= 15 is 0 Å². The molecule has 0 fully saturated rings. The Balaban J connectivity index is 2.58. The van der Waals surface area contributed by atoms with Gasteiger partial charge in [0.05, 0.1) is 8.80 Å². The topological polar surface area (TPSA) is 26.0 Å². The lowest BCUT2D eigenvalue weighted by Crippen LogP contribution is -2.27. The summed E-state index contributed by atoms with van der Waals surface area (Å²) in [5.74, 6) is -0.161. The van der Waals surface area contributed by atoms with Crippen molar-refractivity contribution in [3.63, 3.8) is 0 Å². The molecule has 0 amide bonds. The first kappa shape index (κ1) is 10.4. The van der Waals surface area contributed by atoms with Crippen LogP contribution < -0.4 is 5.73 Å². The van der Waals surface area contributed by atoms with Crippen molar-refractivity contribution in [2.24, 2.45) is 5.73 Å². The van der Waals surface area contributed by atoms with Crippen LogP contribution in [0.3, 0.4) is 0 Å². The predicted octanol–water partition coefficient (Wildman–Crippen LogP) is 1.65. The van der Waals surface area contributed by atoms with Crippen LogP contribution in [-0.2, 0) is 6.04 Å². The molecule has 1 aromatic rings. The Labute approximate surface area is 80.4 Å². The van der Waals surface area contributed by atoms with Gasteiger partial charge in [0, 0.05) is 0 Å². The number of hydrogen-bond acceptors (Lipinski definition) is 1. The van der Waals surface area contributed by atoms with E-state index in [1.165, 1.54) is 23.7 Å². The number of benzene rings is 1. The van der Waals surface area contributed by atoms with E-state index in [0.717, 1.165) is 12.2 Å². The highest BCUT2D eigenvalue weighted by Gasteiger charge is 2.06. The fraction of sp³-hybridized carbons (Fsp3) is 0.400. The number of nitrogens with two attached hydrogens (primary N) is 1. The van der Waals surface area contributed by atoms with Gasteiger partial charge in [0.25, 0.3) is 0 Å². The Morgan fingerprint density at radius 1 is 1.31 bits per heavy atom. The van der Waals surface area contributed by atoms with Crippen LogP contribution in [0, 0.1) is 5.82 Å². The maximum Gasteiger partial charge on any atom is 0.123 e. The second-order valence-electron chi connectivity index (χ2n) is 3.34. The van der Waals surface area contributed by atoms with Gasteiger partial charge in [0.1, 0.15) is 5.82 Å². The number of rotatable bonds is 4. The van der Waals surface area contributed by atoms with Crippen LogP contribution in [0.15, 0.2) is 24.3 Å². The van der Waals surface area contributed by atoms with Gasteiger partial charge < -0.3 is 5.73 Å². The average Bonchev–Trinajstić information content (AvgIpc) is 2.17. The molecule has 2 N–H and O–H groups in total. The molecular weight excluding hydrogens is 181 g/mol. The lowest BCUT2D eigenvalue weighted by atomic mass is 10.2. The summed E-state index contributed by atoms with van der Waals surface area (Å²) in [4.78, 5) is 0. The van der Waals surface area contributed by atoms with Crippen molar-refractivity contribution >= 4 is 8.80 Å². The maximum atomic E-state index is 12.6. The Bertz CT molecular complexity index is 244. The van der Waals surface area contributed by atoms with Gasteiger partial charge in [0.15, 0.2) is 0 Å². The molecule has 72 valence electrons. The molecule has 0 saturated heterocycles. The van der Waals surface area contributed by atoms with Crippen LogP contribution in [0.25, 0.3) is 0 Å². The Hall–Kier alpha value is -0.673. The van der Waals surface area contributed by atoms with Crippen molar-refractivity contribution in [3.8, 4) is 0 Å². The molecular formula is C10H16FNSi. The quantitative estimate of drug-likeness (QED) is 0.730. The average molecular weight is 197 g/mol. The minimum Gasteiger partial charge on any atom is -0.333 e. The van der Waals surface area contributed by atoms with E-state index in [0.29, 0.717) is 0 Å². The van der Waals surface area contributed by atoms with E-state index in [-0.39, 0.29) is 5.82 Å². The first-order valence-corrected chi connectivity index (χ1v) is 7.15. The van der Waals surface area contributed by atoms with Crippen molar-refractivity contribution in [1.29, 1.82) is 0 Å². The van der Waals surface area contributed by atoms with E-state index in [2.05, 4.69) is 6.92 Å². The third-order valence-electron chi connectivity index (χ3n) is 2.35. The van der Waals surface area contributed by atoms with Crippen LogP contribution in [0.4, 0.5) is 4.39 Å². The van der Waals surface area contributed by atoms with Crippen molar-refractivity contribution < 1.29 is 4.39 Å². The molecule has 13 heavy (non-hydrogen) atoms. The third-order valence-corrected chi connectivity index (χ3v) is 5.22. The fourth-order valence-electron chi connectivity index (χ4n) is 1.35. The smallest absolute Gasteiger partial charge is 0.123 e. The molecule has 1 unspecified atom stereocenters. The molecule has 0 radical (unpaired) electrons. The van der Waals surface area contributed by atoms with Crippen LogP contribution in [-0.4, -0.2) is 15.0 Å². The highest BCUT2D eigenvalue weighted by Crippen LogP contribution is 2.06. The molecule has 0 aliphatic heterocycles. The van der Waals surface area contributed by atoms with Crippen LogP contribution in [0.5, 0.6) is 0 Å². The summed E-state index contributed by atoms with van der Waals surface area (Å²) in [5.41, 5.74) is 6.88. The minimum absolute atomic E-state index is 0.161. The molecule has 0 saturated carbocycles. The molecule has 0 aliphatic rings. The van der Waals surface area contributed by atoms with Crippen molar-refractivity contribution in [1.82, 2.24) is 0 Å². The highest BCUT2D eigenvalue weighted by atomic mass is 28.3. The van der Waals surface area contributed by atoms with Gasteiger partial charge in [0.2, 0.25) is 0 Å². The second-order valence-corrected chi connectivity index (χ2v) is 6.77. The Morgan fingerprint density at radius 3 is 2.38 bits per heavy atom. The minimum atomic E-state index is -0.779. The summed E-state index contributed by atoms with van der Waals surface area (Å²) >= 11 is 0. The summed E-state index contributed by atoms with van der Waals surface area (Å²) in [5, 5.41) is 0. The van der Waals surface area contributed by atoms with Crippen molar-refractivity contribution in [3.05, 3.63) is 35.6 Å². The van der Waals surface area contributed by atoms with Crippen molar-refractivity contribution in [2.75, 3.05) is 6.17 Å². The Kier molecular flexibility index (Phi) is 4.12. The number of halogens is 1. The van der Waals surface area contributed by atoms with Crippen molar-refractivity contribution in [2.45, 2.75) is 19.0 Å². The molecule has 0 bridgehead atoms. The van der Waals surface area contributed by atoms with E-state index < -0.39 is 8.80 Å². The van der Waals surface area contributed by atoms with E-state index in [4.69, 9.17) is 5.73 Å². The number of hydrogen-bond donors (Lipinski definition) is 1. The SMILES string of the molecule is CC[SiH](CN)Cc1ccc(F)cc1. The third kappa shape index (κ3) is 3.28. The van der Waals surface area contributed by atoms with Crippen LogP contribution >= 0.6 is 0 Å². The molecule has 1 rings (SSSR count). The van der Waals surface area contributed by atoms with Crippen LogP contribution in [0.2, 0.25) is 6.04 Å². The van der Waals surface area contributed by atoms with Gasteiger partial charge in [-0.1, -0.05) is 30.7 Å². The monoisotopic (exact) mass is 197 g/mol. The van der Waals surface area contributed by atoms with Crippen LogP contribution in [0.1, 0.15) is 12.5 Å². The van der Waals surface area contributed by atoms with E-state index in [1.54, 1.807) is 0 Å². The lowest BCUT2D eigenvalue weighted by Gasteiger charge is -2.09. The first-order valence-electron chi connectivity index (χ1n) is 4.70. The Morgan fingerprint density at radius 2 is 1.92 bits per heavy atom. The van der Waals surface area contributed by atoms with Gasteiger partial charge >= 0.3 is 0 Å². The highest BCUT2D eigenvalue weighted by molar-refractivity contribution is 6.58. The predicted molar refractivity (Wildman–Crippen MR) is 56.8 cm³/mol. The normalized spacial score (nSPS) is 12.8. The van der Waals surface area contributed by atoms with Gasteiger partial charge in [-0.05, 0) is 24.3 Å². The summed E-state index contributed by atoms with van der Waals surface area (Å²) in [7, 11) is -0.779. The molecule has 1 atom stereocenters. The molecule has 0 heterocycles. The first-order chi connectivity index (χ1) is 6.26. The fourth-order valence-corrected chi connectivity index (χ4v) is 3.08. The molecule has 0 aromatic heterocycles. The van der Waals surface area contributed by atoms with Gasteiger partial charge in [-0.25, -0.2) is 4.39 Å². The zero-order valence-corrected chi connectivity index (χ0v) is 9.12. The second kappa shape index (κ2) is 5.14. The van der Waals surface area contributed by atoms with Gasteiger partial charge in [-0.3, -0.25) is 0 Å². The van der Waals surface area contributed by atoms with E-state index in [9.17, 15) is 4.39 Å². The molecule has 3 heteroatoms. The molecule has 0 aliphatic carbocycles. The largest absolute Gasteiger partial charge is 0.333 e. The zero-order valence-electron chi connectivity index (χ0n) is 7.96. The summed E-state index contributed by atoms with van der Waals surface area (Å²) < 4.78 is 12.6. The molecule has 1 aromatic carbocycles. The zero-order chi connectivity index (χ0) is 9.68. The van der Waals surface area contributed by atoms with E-state index in [1.807, 2.05) is 12.1 Å². The summed E-state index contributed by atoms with van der Waals surface area (Å²) in [6.45, 7) is 2.19. The maximum absolute atomic E-state index is 12.6. The standard InChI is InChI=1S/C10H16FNSi/c1-2-13(8-12)7-9-3-5-10(11)6-4-9/h3-6,13H,2,7-8,12H2,1H3. The molecule has 1 nitrogen and oxygen atoms in total. The summed E-state index contributed by atoms with van der Waals surface area (Å²) in [6, 6.07) is 9.07. The van der Waals surface area contributed by atoms with Gasteiger partial charge in [-0.2, -0.15) is 0 Å².